The van der Waals surface area contributed by atoms with Crippen LogP contribution in [0.4, 0.5) is 5.69 Å². The molecule has 0 aromatic heterocycles. The molecule has 5 nitrogen and oxygen atoms in total. The van der Waals surface area contributed by atoms with Gasteiger partial charge in [0.25, 0.3) is 5.91 Å². The number of nitriles is 2. The van der Waals surface area contributed by atoms with Crippen molar-refractivity contribution in [2.75, 3.05) is 11.9 Å². The van der Waals surface area contributed by atoms with E-state index in [4.69, 9.17) is 10.5 Å². The van der Waals surface area contributed by atoms with Crippen molar-refractivity contribution in [3.05, 3.63) is 41.1 Å². The smallest absolute Gasteiger partial charge is 0.251 e. The molecule has 0 aliphatic heterocycles. The number of nitrogens with zero attached hydrogens (tertiary/aromatic N) is 2. The Morgan fingerprint density at radius 1 is 1.33 bits per heavy atom. The van der Waals surface area contributed by atoms with E-state index >= 15 is 0 Å². The van der Waals surface area contributed by atoms with Gasteiger partial charge in [0.15, 0.2) is 0 Å². The summed E-state index contributed by atoms with van der Waals surface area (Å²) in [7, 11) is 0. The molecule has 1 amide bonds. The number of benzene rings is 1. The number of carbonyl (C=O) groups is 1. The molecule has 2 N–H and O–H groups in total. The van der Waals surface area contributed by atoms with Crippen LogP contribution in [0, 0.1) is 35.5 Å². The number of hydrogen-bond donors (Lipinski definition) is 2. The first-order valence-corrected chi connectivity index (χ1v) is 6.63. The molecule has 0 spiro atoms. The molecule has 1 aromatic carbocycles. The first kappa shape index (κ1) is 16.3. The van der Waals surface area contributed by atoms with Gasteiger partial charge in [-0.3, -0.25) is 4.79 Å². The zero-order chi connectivity index (χ0) is 15.8. The molecular formula is C16H18N4O. The second-order valence-corrected chi connectivity index (χ2v) is 5.06. The second-order valence-electron chi connectivity index (χ2n) is 5.06. The van der Waals surface area contributed by atoms with Crippen LogP contribution in [0.15, 0.2) is 30.0 Å². The van der Waals surface area contributed by atoms with Crippen LogP contribution in [0.3, 0.4) is 0 Å². The van der Waals surface area contributed by atoms with E-state index in [9.17, 15) is 4.79 Å². The van der Waals surface area contributed by atoms with Gasteiger partial charge >= 0.3 is 0 Å². The summed E-state index contributed by atoms with van der Waals surface area (Å²) in [6, 6.07) is 8.81. The fraction of sp³-hybridized carbons (Fsp3) is 0.312. The Labute approximate surface area is 124 Å². The van der Waals surface area contributed by atoms with Crippen LogP contribution in [0.2, 0.25) is 0 Å². The Hall–Kier alpha value is -2.79. The average molecular weight is 282 g/mol. The summed E-state index contributed by atoms with van der Waals surface area (Å²) in [5.41, 5.74) is 2.12. The van der Waals surface area contributed by atoms with E-state index < -0.39 is 0 Å². The fourth-order valence-electron chi connectivity index (χ4n) is 1.56. The molecule has 5 heteroatoms. The van der Waals surface area contributed by atoms with Gasteiger partial charge in [-0.05, 0) is 30.5 Å². The lowest BCUT2D eigenvalue weighted by Gasteiger charge is -2.10. The van der Waals surface area contributed by atoms with Gasteiger partial charge < -0.3 is 10.6 Å². The minimum absolute atomic E-state index is 0.0240. The second kappa shape index (κ2) is 7.72. The molecule has 0 radical (unpaired) electrons. The van der Waals surface area contributed by atoms with Crippen LogP contribution in [0.25, 0.3) is 0 Å². The van der Waals surface area contributed by atoms with E-state index in [1.807, 2.05) is 26.8 Å². The molecule has 0 fully saturated rings. The topological polar surface area (TPSA) is 88.7 Å². The average Bonchev–Trinajstić information content (AvgIpc) is 2.47. The van der Waals surface area contributed by atoms with Crippen LogP contribution < -0.4 is 10.6 Å². The molecule has 0 saturated carbocycles. The molecule has 0 bridgehead atoms. The van der Waals surface area contributed by atoms with Gasteiger partial charge in [0, 0.05) is 24.0 Å². The Morgan fingerprint density at radius 3 is 2.57 bits per heavy atom. The fourth-order valence-corrected chi connectivity index (χ4v) is 1.56. The largest absolute Gasteiger partial charge is 0.360 e. The molecule has 21 heavy (non-hydrogen) atoms. The molecular weight excluding hydrogens is 264 g/mol. The van der Waals surface area contributed by atoms with E-state index in [1.165, 1.54) is 6.20 Å². The van der Waals surface area contributed by atoms with E-state index in [0.29, 0.717) is 23.7 Å². The highest BCUT2D eigenvalue weighted by Crippen LogP contribution is 2.17. The number of aryl methyl sites for hydroxylation is 1. The standard InChI is InChI=1S/C16H18N4O/c1-11(2)9-20-16(21)14-5-4-12(3)15(6-14)19-10-13(7-17)8-18/h4-6,10-11,19H,9H2,1-3H3,(H,20,21). The van der Waals surface area contributed by atoms with Crippen molar-refractivity contribution in [2.24, 2.45) is 5.92 Å². The van der Waals surface area contributed by atoms with E-state index in [2.05, 4.69) is 10.6 Å². The van der Waals surface area contributed by atoms with Gasteiger partial charge in [0.05, 0.1) is 0 Å². The molecule has 0 aliphatic rings. The zero-order valence-electron chi connectivity index (χ0n) is 12.4. The van der Waals surface area contributed by atoms with Crippen LogP contribution in [0.1, 0.15) is 29.8 Å². The number of nitrogens with one attached hydrogen (secondary N) is 2. The Morgan fingerprint density at radius 2 is 2.00 bits per heavy atom. The zero-order valence-corrected chi connectivity index (χ0v) is 12.4. The highest BCUT2D eigenvalue weighted by atomic mass is 16.1. The maximum absolute atomic E-state index is 12.0. The summed E-state index contributed by atoms with van der Waals surface area (Å²) < 4.78 is 0. The lowest BCUT2D eigenvalue weighted by molar-refractivity contribution is 0.0949. The summed E-state index contributed by atoms with van der Waals surface area (Å²) in [5, 5.41) is 23.1. The summed E-state index contributed by atoms with van der Waals surface area (Å²) >= 11 is 0. The molecule has 0 heterocycles. The van der Waals surface area contributed by atoms with Gasteiger partial charge in [-0.1, -0.05) is 19.9 Å². The summed E-state index contributed by atoms with van der Waals surface area (Å²) in [6.07, 6.45) is 1.33. The molecule has 0 unspecified atom stereocenters. The monoisotopic (exact) mass is 282 g/mol. The molecule has 108 valence electrons. The normalized spacial score (nSPS) is 9.43. The van der Waals surface area contributed by atoms with Crippen molar-refractivity contribution in [1.29, 1.82) is 10.5 Å². The Balaban J connectivity index is 2.90. The third kappa shape index (κ3) is 5.00. The third-order valence-electron chi connectivity index (χ3n) is 2.78. The van der Waals surface area contributed by atoms with Crippen molar-refractivity contribution in [2.45, 2.75) is 20.8 Å². The first-order valence-electron chi connectivity index (χ1n) is 6.63. The lowest BCUT2D eigenvalue weighted by atomic mass is 10.1. The SMILES string of the molecule is Cc1ccc(C(=O)NCC(C)C)cc1NC=C(C#N)C#N. The van der Waals surface area contributed by atoms with E-state index in [1.54, 1.807) is 24.3 Å². The number of hydrogen-bond acceptors (Lipinski definition) is 4. The number of rotatable bonds is 5. The van der Waals surface area contributed by atoms with Crippen molar-refractivity contribution < 1.29 is 4.79 Å². The number of allylic oxidation sites excluding steroid dienone is 1. The van der Waals surface area contributed by atoms with Gasteiger partial charge in [-0.2, -0.15) is 10.5 Å². The van der Waals surface area contributed by atoms with Crippen molar-refractivity contribution in [3.63, 3.8) is 0 Å². The van der Waals surface area contributed by atoms with E-state index in [-0.39, 0.29) is 11.5 Å². The first-order chi connectivity index (χ1) is 9.97. The third-order valence-corrected chi connectivity index (χ3v) is 2.78. The quantitative estimate of drug-likeness (QED) is 0.813. The number of carbonyl (C=O) groups excluding carboxylic acids is 1. The van der Waals surface area contributed by atoms with Crippen LogP contribution >= 0.6 is 0 Å². The molecule has 1 rings (SSSR count). The highest BCUT2D eigenvalue weighted by Gasteiger charge is 2.08. The van der Waals surface area contributed by atoms with Gasteiger partial charge in [-0.25, -0.2) is 0 Å². The summed E-state index contributed by atoms with van der Waals surface area (Å²) in [5.74, 6) is 0.241. The lowest BCUT2D eigenvalue weighted by Crippen LogP contribution is -2.27. The molecule has 1 aromatic rings. The van der Waals surface area contributed by atoms with Crippen molar-refractivity contribution in [1.82, 2.24) is 5.32 Å². The number of amides is 1. The van der Waals surface area contributed by atoms with E-state index in [0.717, 1.165) is 5.56 Å². The highest BCUT2D eigenvalue weighted by molar-refractivity contribution is 5.95. The van der Waals surface area contributed by atoms with Crippen LogP contribution in [-0.2, 0) is 0 Å². The summed E-state index contributed by atoms with van der Waals surface area (Å²) in [6.45, 7) is 6.55. The molecule has 0 atom stereocenters. The maximum atomic E-state index is 12.0. The molecule has 0 aliphatic carbocycles. The van der Waals surface area contributed by atoms with Crippen LogP contribution in [0.5, 0.6) is 0 Å². The van der Waals surface area contributed by atoms with Gasteiger partial charge in [0.2, 0.25) is 0 Å². The van der Waals surface area contributed by atoms with Crippen molar-refractivity contribution >= 4 is 11.6 Å². The summed E-state index contributed by atoms with van der Waals surface area (Å²) in [4.78, 5) is 12.0. The minimum atomic E-state index is -0.142. The van der Waals surface area contributed by atoms with Gasteiger partial charge in [0.1, 0.15) is 17.7 Å². The van der Waals surface area contributed by atoms with Crippen molar-refractivity contribution in [3.8, 4) is 12.1 Å². The molecule has 0 saturated heterocycles. The predicted molar refractivity (Wildman–Crippen MR) is 81.3 cm³/mol. The minimum Gasteiger partial charge on any atom is -0.360 e. The maximum Gasteiger partial charge on any atom is 0.251 e. The Bertz CT molecular complexity index is 617. The predicted octanol–water partition coefficient (Wildman–Crippen LogP) is 2.72. The Kier molecular flexibility index (Phi) is 5.98. The van der Waals surface area contributed by atoms with Crippen LogP contribution in [-0.4, -0.2) is 12.5 Å². The number of anilines is 1. The van der Waals surface area contributed by atoms with Gasteiger partial charge in [-0.15, -0.1) is 0 Å².